The molecule has 1 fully saturated rings. The Hall–Kier alpha value is -2.62. The van der Waals surface area contributed by atoms with Gasteiger partial charge in [-0.15, -0.1) is 0 Å². The lowest BCUT2D eigenvalue weighted by Crippen LogP contribution is -2.40. The Balaban J connectivity index is 1.47. The van der Waals surface area contributed by atoms with Crippen LogP contribution in [-0.4, -0.2) is 24.9 Å². The summed E-state index contributed by atoms with van der Waals surface area (Å²) in [6.45, 7) is 0.642. The topological polar surface area (TPSA) is 58.2 Å². The summed E-state index contributed by atoms with van der Waals surface area (Å²) in [5.74, 6) is 0.229. The zero-order valence-electron chi connectivity index (χ0n) is 16.4. The van der Waals surface area contributed by atoms with Crippen molar-refractivity contribution in [2.75, 3.05) is 13.1 Å². The van der Waals surface area contributed by atoms with Crippen molar-refractivity contribution in [2.45, 2.75) is 44.4 Å². The highest BCUT2D eigenvalue weighted by molar-refractivity contribution is 5.85. The largest absolute Gasteiger partial charge is 0.355 e. The SMILES string of the molecule is O=C(CNC(=O)C1CCCCC1)NCCC(c1ccccc1)c1ccccc1. The minimum atomic E-state index is -0.121. The second kappa shape index (κ2) is 10.6. The Morgan fingerprint density at radius 3 is 1.96 bits per heavy atom. The van der Waals surface area contributed by atoms with E-state index in [-0.39, 0.29) is 30.2 Å². The molecule has 148 valence electrons. The van der Waals surface area contributed by atoms with Crippen LogP contribution in [0.5, 0.6) is 0 Å². The van der Waals surface area contributed by atoms with Crippen LogP contribution >= 0.6 is 0 Å². The van der Waals surface area contributed by atoms with Crippen LogP contribution in [0.2, 0.25) is 0 Å². The third kappa shape index (κ3) is 5.95. The zero-order valence-corrected chi connectivity index (χ0v) is 16.4. The van der Waals surface area contributed by atoms with Gasteiger partial charge in [0.1, 0.15) is 0 Å². The highest BCUT2D eigenvalue weighted by Crippen LogP contribution is 2.27. The molecule has 4 heteroatoms. The van der Waals surface area contributed by atoms with Gasteiger partial charge in [-0.1, -0.05) is 79.9 Å². The summed E-state index contributed by atoms with van der Waals surface area (Å²) in [7, 11) is 0. The molecule has 1 aliphatic rings. The third-order valence-corrected chi connectivity index (χ3v) is 5.56. The number of rotatable bonds is 8. The van der Waals surface area contributed by atoms with E-state index in [1.54, 1.807) is 0 Å². The van der Waals surface area contributed by atoms with Crippen LogP contribution in [0.15, 0.2) is 60.7 Å². The predicted molar refractivity (Wildman–Crippen MR) is 112 cm³/mol. The molecule has 0 radical (unpaired) electrons. The molecule has 0 atom stereocenters. The van der Waals surface area contributed by atoms with E-state index in [1.807, 2.05) is 36.4 Å². The summed E-state index contributed by atoms with van der Waals surface area (Å²) in [5.41, 5.74) is 2.49. The molecule has 2 N–H and O–H groups in total. The summed E-state index contributed by atoms with van der Waals surface area (Å²) in [4.78, 5) is 24.3. The van der Waals surface area contributed by atoms with Crippen molar-refractivity contribution in [1.82, 2.24) is 10.6 Å². The Morgan fingerprint density at radius 2 is 1.39 bits per heavy atom. The van der Waals surface area contributed by atoms with Crippen molar-refractivity contribution >= 4 is 11.8 Å². The van der Waals surface area contributed by atoms with E-state index < -0.39 is 0 Å². The van der Waals surface area contributed by atoms with Crippen molar-refractivity contribution in [1.29, 1.82) is 0 Å². The maximum absolute atomic E-state index is 12.2. The fourth-order valence-corrected chi connectivity index (χ4v) is 3.99. The Bertz CT molecular complexity index is 700. The normalized spacial score (nSPS) is 14.6. The molecule has 1 saturated carbocycles. The van der Waals surface area contributed by atoms with E-state index in [4.69, 9.17) is 0 Å². The molecule has 0 heterocycles. The molecular weight excluding hydrogens is 348 g/mol. The second-order valence-corrected chi connectivity index (χ2v) is 7.57. The molecule has 0 aliphatic heterocycles. The maximum Gasteiger partial charge on any atom is 0.239 e. The maximum atomic E-state index is 12.2. The molecule has 0 unspecified atom stereocenters. The second-order valence-electron chi connectivity index (χ2n) is 7.57. The fraction of sp³-hybridized carbons (Fsp3) is 0.417. The highest BCUT2D eigenvalue weighted by Gasteiger charge is 2.21. The summed E-state index contributed by atoms with van der Waals surface area (Å²) in [5, 5.41) is 5.76. The molecule has 4 nitrogen and oxygen atoms in total. The first-order chi connectivity index (χ1) is 13.7. The molecule has 0 spiro atoms. The number of carbonyl (C=O) groups is 2. The average Bonchev–Trinajstić information content (AvgIpc) is 2.77. The fourth-order valence-electron chi connectivity index (χ4n) is 3.99. The van der Waals surface area contributed by atoms with Gasteiger partial charge >= 0.3 is 0 Å². The Morgan fingerprint density at radius 1 is 0.821 bits per heavy atom. The van der Waals surface area contributed by atoms with Gasteiger partial charge in [0.2, 0.25) is 11.8 Å². The predicted octanol–water partition coefficient (Wildman–Crippen LogP) is 4.02. The average molecular weight is 379 g/mol. The number of carbonyl (C=O) groups excluding carboxylic acids is 2. The minimum absolute atomic E-state index is 0.0290. The quantitative estimate of drug-likeness (QED) is 0.729. The number of benzene rings is 2. The van der Waals surface area contributed by atoms with Gasteiger partial charge in [-0.2, -0.15) is 0 Å². The first-order valence-electron chi connectivity index (χ1n) is 10.4. The Labute approximate surface area is 167 Å². The van der Waals surface area contributed by atoms with Crippen molar-refractivity contribution in [3.63, 3.8) is 0 Å². The van der Waals surface area contributed by atoms with Crippen LogP contribution in [0.1, 0.15) is 55.6 Å². The molecule has 28 heavy (non-hydrogen) atoms. The van der Waals surface area contributed by atoms with Crippen molar-refractivity contribution < 1.29 is 9.59 Å². The van der Waals surface area contributed by atoms with Crippen molar-refractivity contribution in [2.24, 2.45) is 5.92 Å². The molecule has 0 aromatic heterocycles. The van der Waals surface area contributed by atoms with Crippen LogP contribution in [0, 0.1) is 5.92 Å². The Kier molecular flexibility index (Phi) is 7.65. The number of hydrogen-bond donors (Lipinski definition) is 2. The van der Waals surface area contributed by atoms with Gasteiger partial charge in [0.05, 0.1) is 6.54 Å². The molecule has 2 aromatic rings. The van der Waals surface area contributed by atoms with Gasteiger partial charge in [0.15, 0.2) is 0 Å². The molecule has 2 amide bonds. The van der Waals surface area contributed by atoms with E-state index in [0.717, 1.165) is 32.1 Å². The summed E-state index contributed by atoms with van der Waals surface area (Å²) in [6.07, 6.45) is 6.16. The zero-order chi connectivity index (χ0) is 19.6. The smallest absolute Gasteiger partial charge is 0.239 e. The molecule has 0 saturated heterocycles. The van der Waals surface area contributed by atoms with Crippen LogP contribution in [0.25, 0.3) is 0 Å². The summed E-state index contributed by atoms with van der Waals surface area (Å²) in [6, 6.07) is 20.7. The monoisotopic (exact) mass is 378 g/mol. The summed E-state index contributed by atoms with van der Waals surface area (Å²) >= 11 is 0. The van der Waals surface area contributed by atoms with Gasteiger partial charge in [0.25, 0.3) is 0 Å². The molecular formula is C24H30N2O2. The van der Waals surface area contributed by atoms with Gasteiger partial charge in [-0.05, 0) is 30.4 Å². The van der Waals surface area contributed by atoms with Crippen LogP contribution in [-0.2, 0) is 9.59 Å². The van der Waals surface area contributed by atoms with Crippen LogP contribution in [0.3, 0.4) is 0 Å². The minimum Gasteiger partial charge on any atom is -0.355 e. The van der Waals surface area contributed by atoms with Crippen LogP contribution < -0.4 is 10.6 Å². The third-order valence-electron chi connectivity index (χ3n) is 5.56. The molecule has 0 bridgehead atoms. The van der Waals surface area contributed by atoms with Crippen LogP contribution in [0.4, 0.5) is 0 Å². The van der Waals surface area contributed by atoms with E-state index in [9.17, 15) is 9.59 Å². The van der Waals surface area contributed by atoms with E-state index >= 15 is 0 Å². The highest BCUT2D eigenvalue weighted by atomic mass is 16.2. The number of hydrogen-bond acceptors (Lipinski definition) is 2. The van der Waals surface area contributed by atoms with E-state index in [2.05, 4.69) is 34.9 Å². The first kappa shape index (κ1) is 20.1. The molecule has 2 aromatic carbocycles. The first-order valence-corrected chi connectivity index (χ1v) is 10.4. The van der Waals surface area contributed by atoms with Crippen molar-refractivity contribution in [3.8, 4) is 0 Å². The number of amides is 2. The van der Waals surface area contributed by atoms with Crippen molar-refractivity contribution in [3.05, 3.63) is 71.8 Å². The summed E-state index contributed by atoms with van der Waals surface area (Å²) < 4.78 is 0. The lowest BCUT2D eigenvalue weighted by atomic mass is 9.88. The van der Waals surface area contributed by atoms with E-state index in [1.165, 1.54) is 17.5 Å². The van der Waals surface area contributed by atoms with Gasteiger partial charge in [-0.25, -0.2) is 0 Å². The standard InChI is InChI=1S/C24H30N2O2/c27-23(18-26-24(28)21-14-8-3-9-15-21)25-17-16-22(19-10-4-1-5-11-19)20-12-6-2-7-13-20/h1-2,4-7,10-13,21-22H,3,8-9,14-18H2,(H,25,27)(H,26,28). The van der Waals surface area contributed by atoms with Gasteiger partial charge in [-0.3, -0.25) is 9.59 Å². The van der Waals surface area contributed by atoms with Gasteiger partial charge < -0.3 is 10.6 Å². The lowest BCUT2D eigenvalue weighted by Gasteiger charge is -2.21. The van der Waals surface area contributed by atoms with Gasteiger partial charge in [0, 0.05) is 18.4 Å². The lowest BCUT2D eigenvalue weighted by molar-refractivity contribution is -0.129. The van der Waals surface area contributed by atoms with E-state index in [0.29, 0.717) is 6.54 Å². The molecule has 3 rings (SSSR count). The molecule has 1 aliphatic carbocycles. The number of nitrogens with one attached hydrogen (secondary N) is 2.